The standard InChI is InChI=1S/C20H22F6N2O2S/c1-11-16(27-30-17(11)20(24,25)26)14-7-8-15(31-14)19(29)28-9-3-5-12(10-28)4-2-6-13(21)18(22)23/h7-8,12-13,18H,2-6,9-10H2,1H3. The maximum absolute atomic E-state index is 13.1. The Hall–Kier alpha value is -2.04. The van der Waals surface area contributed by atoms with Gasteiger partial charge in [-0.15, -0.1) is 11.3 Å². The molecule has 1 saturated heterocycles. The van der Waals surface area contributed by atoms with Gasteiger partial charge in [-0.3, -0.25) is 4.79 Å². The molecule has 1 aliphatic rings. The van der Waals surface area contributed by atoms with Gasteiger partial charge in [0, 0.05) is 18.7 Å². The highest BCUT2D eigenvalue weighted by Gasteiger charge is 2.39. The number of aromatic nitrogens is 1. The van der Waals surface area contributed by atoms with Crippen molar-refractivity contribution in [1.29, 1.82) is 0 Å². The molecule has 2 atom stereocenters. The van der Waals surface area contributed by atoms with Crippen molar-refractivity contribution in [1.82, 2.24) is 10.1 Å². The van der Waals surface area contributed by atoms with Gasteiger partial charge in [0.15, 0.2) is 6.17 Å². The first kappa shape index (κ1) is 23.6. The number of likely N-dealkylation sites (tertiary alicyclic amines) is 1. The van der Waals surface area contributed by atoms with Gasteiger partial charge in [0.25, 0.3) is 12.3 Å². The van der Waals surface area contributed by atoms with E-state index < -0.39 is 24.5 Å². The lowest BCUT2D eigenvalue weighted by molar-refractivity contribution is -0.156. The molecular formula is C20H22F6N2O2S. The Bertz CT molecular complexity index is 895. The van der Waals surface area contributed by atoms with Crippen molar-refractivity contribution in [2.24, 2.45) is 5.92 Å². The van der Waals surface area contributed by atoms with Crippen LogP contribution in [-0.2, 0) is 6.18 Å². The van der Waals surface area contributed by atoms with Gasteiger partial charge in [0.05, 0.1) is 9.75 Å². The van der Waals surface area contributed by atoms with Gasteiger partial charge in [-0.1, -0.05) is 5.16 Å². The molecule has 0 saturated carbocycles. The molecule has 1 fully saturated rings. The van der Waals surface area contributed by atoms with Gasteiger partial charge in [-0.05, 0) is 57.1 Å². The van der Waals surface area contributed by atoms with Crippen LogP contribution < -0.4 is 0 Å². The Labute approximate surface area is 179 Å². The second kappa shape index (κ2) is 9.62. The Morgan fingerprint density at radius 2 is 2.06 bits per heavy atom. The number of alkyl halides is 6. The van der Waals surface area contributed by atoms with Crippen molar-refractivity contribution in [2.45, 2.75) is 57.8 Å². The molecule has 2 aromatic rings. The zero-order valence-corrected chi connectivity index (χ0v) is 17.5. The molecule has 11 heteroatoms. The maximum Gasteiger partial charge on any atom is 0.452 e. The number of hydrogen-bond acceptors (Lipinski definition) is 4. The first-order valence-corrected chi connectivity index (χ1v) is 10.7. The van der Waals surface area contributed by atoms with Gasteiger partial charge in [-0.2, -0.15) is 13.2 Å². The van der Waals surface area contributed by atoms with Crippen molar-refractivity contribution in [2.75, 3.05) is 13.1 Å². The van der Waals surface area contributed by atoms with Gasteiger partial charge in [-0.25, -0.2) is 13.2 Å². The molecule has 1 aliphatic heterocycles. The van der Waals surface area contributed by atoms with Crippen molar-refractivity contribution in [3.8, 4) is 10.6 Å². The molecule has 172 valence electrons. The van der Waals surface area contributed by atoms with Crippen LogP contribution in [0.4, 0.5) is 26.3 Å². The van der Waals surface area contributed by atoms with Crippen LogP contribution in [0.5, 0.6) is 0 Å². The fourth-order valence-electron chi connectivity index (χ4n) is 3.78. The second-order valence-corrected chi connectivity index (χ2v) is 8.77. The predicted octanol–water partition coefficient (Wildman–Crippen LogP) is 6.36. The van der Waals surface area contributed by atoms with Crippen LogP contribution in [0.25, 0.3) is 10.6 Å². The van der Waals surface area contributed by atoms with Crippen molar-refractivity contribution in [3.05, 3.63) is 28.3 Å². The zero-order chi connectivity index (χ0) is 22.8. The van der Waals surface area contributed by atoms with Crippen LogP contribution in [0, 0.1) is 12.8 Å². The van der Waals surface area contributed by atoms with Crippen molar-refractivity contribution in [3.63, 3.8) is 0 Å². The first-order valence-electron chi connectivity index (χ1n) is 9.93. The number of carbonyl (C=O) groups is 1. The molecule has 2 aromatic heterocycles. The SMILES string of the molecule is Cc1c(-c2ccc(C(=O)N3CCCC(CCCC(F)C(F)F)C3)s2)noc1C(F)(F)F. The van der Waals surface area contributed by atoms with Gasteiger partial charge < -0.3 is 9.42 Å². The molecule has 0 aromatic carbocycles. The van der Waals surface area contributed by atoms with Crippen LogP contribution in [0.2, 0.25) is 0 Å². The van der Waals surface area contributed by atoms with E-state index >= 15 is 0 Å². The van der Waals surface area contributed by atoms with E-state index in [0.717, 1.165) is 24.2 Å². The summed E-state index contributed by atoms with van der Waals surface area (Å²) < 4.78 is 80.8. The van der Waals surface area contributed by atoms with E-state index in [2.05, 4.69) is 9.68 Å². The second-order valence-electron chi connectivity index (χ2n) is 7.69. The minimum Gasteiger partial charge on any atom is -0.351 e. The molecular weight excluding hydrogens is 446 g/mol. The van der Waals surface area contributed by atoms with Crippen LogP contribution >= 0.6 is 11.3 Å². The Balaban J connectivity index is 1.62. The molecule has 4 nitrogen and oxygen atoms in total. The predicted molar refractivity (Wildman–Crippen MR) is 103 cm³/mol. The molecule has 0 bridgehead atoms. The number of amides is 1. The number of hydrogen-bond donors (Lipinski definition) is 0. The van der Waals surface area contributed by atoms with E-state index in [1.165, 1.54) is 13.0 Å². The first-order chi connectivity index (χ1) is 14.6. The summed E-state index contributed by atoms with van der Waals surface area (Å²) in [4.78, 5) is 15.3. The summed E-state index contributed by atoms with van der Waals surface area (Å²) in [6, 6.07) is 3.08. The van der Waals surface area contributed by atoms with E-state index in [0.29, 0.717) is 35.7 Å². The lowest BCUT2D eigenvalue weighted by Gasteiger charge is -2.32. The average Bonchev–Trinajstić information content (AvgIpc) is 3.33. The highest BCUT2D eigenvalue weighted by molar-refractivity contribution is 7.17. The molecule has 0 aliphatic carbocycles. The molecule has 2 unspecified atom stereocenters. The fourth-order valence-corrected chi connectivity index (χ4v) is 4.79. The van der Waals surface area contributed by atoms with E-state index in [1.807, 2.05) is 0 Å². The highest BCUT2D eigenvalue weighted by Crippen LogP contribution is 2.38. The summed E-state index contributed by atoms with van der Waals surface area (Å²) in [6.07, 6.45) is -7.47. The van der Waals surface area contributed by atoms with E-state index in [4.69, 9.17) is 0 Å². The minimum atomic E-state index is -4.65. The third-order valence-electron chi connectivity index (χ3n) is 5.40. The molecule has 1 amide bonds. The quantitative estimate of drug-likeness (QED) is 0.445. The van der Waals surface area contributed by atoms with Crippen LogP contribution in [0.3, 0.4) is 0 Å². The summed E-state index contributed by atoms with van der Waals surface area (Å²) in [6.45, 7) is 2.24. The molecule has 0 radical (unpaired) electrons. The highest BCUT2D eigenvalue weighted by atomic mass is 32.1. The Morgan fingerprint density at radius 3 is 2.71 bits per heavy atom. The van der Waals surface area contributed by atoms with E-state index in [-0.39, 0.29) is 29.5 Å². The number of thiophene rings is 1. The average molecular weight is 468 g/mol. The maximum atomic E-state index is 13.1. The molecule has 3 heterocycles. The zero-order valence-electron chi connectivity index (χ0n) is 16.7. The Kier molecular flexibility index (Phi) is 7.33. The van der Waals surface area contributed by atoms with E-state index in [9.17, 15) is 31.1 Å². The number of halogens is 6. The summed E-state index contributed by atoms with van der Waals surface area (Å²) in [7, 11) is 0. The van der Waals surface area contributed by atoms with Crippen LogP contribution in [-0.4, -0.2) is 41.7 Å². The third kappa shape index (κ3) is 5.61. The Morgan fingerprint density at radius 1 is 1.32 bits per heavy atom. The number of rotatable bonds is 7. The number of piperidine rings is 1. The van der Waals surface area contributed by atoms with E-state index in [1.54, 1.807) is 11.0 Å². The topological polar surface area (TPSA) is 46.3 Å². The largest absolute Gasteiger partial charge is 0.452 e. The molecule has 3 rings (SSSR count). The summed E-state index contributed by atoms with van der Waals surface area (Å²) >= 11 is 1.04. The lowest BCUT2D eigenvalue weighted by Crippen LogP contribution is -2.39. The van der Waals surface area contributed by atoms with Crippen LogP contribution in [0.1, 0.15) is 53.1 Å². The van der Waals surface area contributed by atoms with Gasteiger partial charge >= 0.3 is 6.18 Å². The summed E-state index contributed by atoms with van der Waals surface area (Å²) in [5.41, 5.74) is -0.0888. The minimum absolute atomic E-state index is 0.0488. The van der Waals surface area contributed by atoms with Crippen molar-refractivity contribution >= 4 is 17.2 Å². The molecule has 0 N–H and O–H groups in total. The lowest BCUT2D eigenvalue weighted by atomic mass is 9.92. The normalized spacial score (nSPS) is 18.6. The van der Waals surface area contributed by atoms with Crippen LogP contribution in [0.15, 0.2) is 16.7 Å². The van der Waals surface area contributed by atoms with Gasteiger partial charge in [0.1, 0.15) is 5.69 Å². The fraction of sp³-hybridized carbons (Fsp3) is 0.600. The number of carbonyl (C=O) groups excluding carboxylic acids is 1. The van der Waals surface area contributed by atoms with Gasteiger partial charge in [0.2, 0.25) is 5.76 Å². The molecule has 0 spiro atoms. The summed E-state index contributed by atoms with van der Waals surface area (Å²) in [5, 5.41) is 3.52. The summed E-state index contributed by atoms with van der Waals surface area (Å²) in [5.74, 6) is -1.30. The monoisotopic (exact) mass is 468 g/mol. The third-order valence-corrected chi connectivity index (χ3v) is 6.48. The van der Waals surface area contributed by atoms with Crippen molar-refractivity contribution < 1.29 is 35.7 Å². The number of nitrogens with zero attached hydrogens (tertiary/aromatic N) is 2. The molecule has 31 heavy (non-hydrogen) atoms. The smallest absolute Gasteiger partial charge is 0.351 e.